The van der Waals surface area contributed by atoms with Crippen molar-refractivity contribution < 1.29 is 4.74 Å². The number of rotatable bonds is 3. The molecule has 6 heteroatoms. The first kappa shape index (κ1) is 11.5. The smallest absolute Gasteiger partial charge is 0.222 e. The Hall–Kier alpha value is -2.63. The van der Waals surface area contributed by atoms with Crippen LogP contribution >= 0.6 is 0 Å². The molecule has 0 amide bonds. The fraction of sp³-hybridized carbons (Fsp3) is 0.154. The lowest BCUT2D eigenvalue weighted by atomic mass is 10.1. The molecule has 19 heavy (non-hydrogen) atoms. The predicted molar refractivity (Wildman–Crippen MR) is 72.7 cm³/mol. The third kappa shape index (κ3) is 1.97. The van der Waals surface area contributed by atoms with Gasteiger partial charge in [-0.05, 0) is 19.1 Å². The van der Waals surface area contributed by atoms with Crippen LogP contribution in [0, 0.1) is 0 Å². The van der Waals surface area contributed by atoms with Gasteiger partial charge in [0.25, 0.3) is 0 Å². The van der Waals surface area contributed by atoms with Crippen LogP contribution in [-0.4, -0.2) is 26.8 Å². The monoisotopic (exact) mass is 255 g/mol. The van der Waals surface area contributed by atoms with Gasteiger partial charge in [0.15, 0.2) is 5.65 Å². The molecule has 3 N–H and O–H groups in total. The van der Waals surface area contributed by atoms with E-state index in [0.29, 0.717) is 12.3 Å². The fourth-order valence-corrected chi connectivity index (χ4v) is 2.00. The second kappa shape index (κ2) is 4.56. The highest BCUT2D eigenvalue weighted by Crippen LogP contribution is 2.32. The molecule has 0 radical (unpaired) electrons. The van der Waals surface area contributed by atoms with Gasteiger partial charge < -0.3 is 10.5 Å². The summed E-state index contributed by atoms with van der Waals surface area (Å²) in [7, 11) is 0. The number of anilines is 1. The van der Waals surface area contributed by atoms with Crippen molar-refractivity contribution in [2.24, 2.45) is 0 Å². The van der Waals surface area contributed by atoms with Gasteiger partial charge in [0.2, 0.25) is 5.95 Å². The Morgan fingerprint density at radius 1 is 1.26 bits per heavy atom. The van der Waals surface area contributed by atoms with Crippen LogP contribution in [0.2, 0.25) is 0 Å². The molecule has 0 aliphatic heterocycles. The number of benzene rings is 1. The van der Waals surface area contributed by atoms with Crippen molar-refractivity contribution in [3.63, 3.8) is 0 Å². The molecule has 0 spiro atoms. The molecule has 0 aliphatic carbocycles. The maximum absolute atomic E-state index is 5.73. The third-order valence-electron chi connectivity index (χ3n) is 2.77. The summed E-state index contributed by atoms with van der Waals surface area (Å²) < 4.78 is 5.62. The van der Waals surface area contributed by atoms with Crippen molar-refractivity contribution in [1.82, 2.24) is 20.2 Å². The highest BCUT2D eigenvalue weighted by Gasteiger charge is 2.13. The number of aromatic amines is 1. The fourth-order valence-electron chi connectivity index (χ4n) is 2.00. The summed E-state index contributed by atoms with van der Waals surface area (Å²) >= 11 is 0. The zero-order valence-electron chi connectivity index (χ0n) is 10.4. The van der Waals surface area contributed by atoms with Crippen LogP contribution in [0.4, 0.5) is 5.95 Å². The molecule has 2 aromatic heterocycles. The predicted octanol–water partition coefficient (Wildman–Crippen LogP) is 2.00. The normalized spacial score (nSPS) is 10.8. The average Bonchev–Trinajstić information content (AvgIpc) is 2.87. The second-order valence-corrected chi connectivity index (χ2v) is 3.99. The van der Waals surface area contributed by atoms with E-state index < -0.39 is 0 Å². The van der Waals surface area contributed by atoms with E-state index >= 15 is 0 Å². The quantitative estimate of drug-likeness (QED) is 0.747. The summed E-state index contributed by atoms with van der Waals surface area (Å²) in [5.74, 6) is 0.976. The largest absolute Gasteiger partial charge is 0.493 e. The number of nitrogen functional groups attached to an aromatic ring is 1. The number of H-pyrrole nitrogens is 1. The van der Waals surface area contributed by atoms with E-state index in [1.54, 1.807) is 6.20 Å². The Morgan fingerprint density at radius 2 is 2.11 bits per heavy atom. The zero-order chi connectivity index (χ0) is 13.2. The maximum atomic E-state index is 5.73. The molecule has 3 rings (SSSR count). The van der Waals surface area contributed by atoms with Crippen LogP contribution in [-0.2, 0) is 0 Å². The summed E-state index contributed by atoms with van der Waals surface area (Å²) in [6, 6.07) is 7.70. The van der Waals surface area contributed by atoms with E-state index in [9.17, 15) is 0 Å². The van der Waals surface area contributed by atoms with E-state index in [4.69, 9.17) is 10.5 Å². The summed E-state index contributed by atoms with van der Waals surface area (Å²) in [4.78, 5) is 8.42. The second-order valence-electron chi connectivity index (χ2n) is 3.99. The molecule has 0 saturated heterocycles. The van der Waals surface area contributed by atoms with Crippen molar-refractivity contribution in [1.29, 1.82) is 0 Å². The standard InChI is InChI=1S/C13H13N5O/c1-2-19-10-6-4-3-5-8(10)11-9-7-15-18-12(9)17-13(14)16-11/h3-7H,2H2,1H3,(H3,14,15,16,17,18). The van der Waals surface area contributed by atoms with Crippen LogP contribution in [0.3, 0.4) is 0 Å². The molecular weight excluding hydrogens is 242 g/mol. The van der Waals surface area contributed by atoms with Gasteiger partial charge in [0.05, 0.1) is 23.9 Å². The molecule has 0 bridgehead atoms. The molecule has 2 heterocycles. The van der Waals surface area contributed by atoms with Crippen molar-refractivity contribution in [2.45, 2.75) is 6.92 Å². The Balaban J connectivity index is 2.26. The first-order chi connectivity index (χ1) is 9.29. The van der Waals surface area contributed by atoms with Gasteiger partial charge in [0, 0.05) is 5.56 Å². The molecule has 0 atom stereocenters. The third-order valence-corrected chi connectivity index (χ3v) is 2.77. The van der Waals surface area contributed by atoms with Gasteiger partial charge in [-0.15, -0.1) is 0 Å². The molecule has 6 nitrogen and oxygen atoms in total. The van der Waals surface area contributed by atoms with E-state index in [-0.39, 0.29) is 5.95 Å². The Morgan fingerprint density at radius 3 is 2.95 bits per heavy atom. The maximum Gasteiger partial charge on any atom is 0.222 e. The number of fused-ring (bicyclic) bond motifs is 1. The number of nitrogens with one attached hydrogen (secondary N) is 1. The van der Waals surface area contributed by atoms with Crippen molar-refractivity contribution in [3.8, 4) is 17.0 Å². The number of nitrogens with two attached hydrogens (primary N) is 1. The van der Waals surface area contributed by atoms with Crippen molar-refractivity contribution in [2.75, 3.05) is 12.3 Å². The lowest BCUT2D eigenvalue weighted by molar-refractivity contribution is 0.341. The van der Waals surface area contributed by atoms with Gasteiger partial charge in [-0.25, -0.2) is 4.98 Å². The van der Waals surface area contributed by atoms with E-state index in [1.807, 2.05) is 31.2 Å². The SMILES string of the molecule is CCOc1ccccc1-c1nc(N)nc2[nH]ncc12. The van der Waals surface area contributed by atoms with Crippen molar-refractivity contribution in [3.05, 3.63) is 30.5 Å². The highest BCUT2D eigenvalue weighted by atomic mass is 16.5. The van der Waals surface area contributed by atoms with Crippen LogP contribution in [0.1, 0.15) is 6.92 Å². The first-order valence-electron chi connectivity index (χ1n) is 5.98. The summed E-state index contributed by atoms with van der Waals surface area (Å²) in [5, 5.41) is 7.60. The number of aromatic nitrogens is 4. The first-order valence-corrected chi connectivity index (χ1v) is 5.98. The molecule has 0 unspecified atom stereocenters. The highest BCUT2D eigenvalue weighted by molar-refractivity contribution is 5.92. The summed E-state index contributed by atoms with van der Waals surface area (Å²) in [5.41, 5.74) is 7.96. The molecule has 0 fully saturated rings. The van der Waals surface area contributed by atoms with Gasteiger partial charge in [-0.2, -0.15) is 10.1 Å². The number of hydrogen-bond donors (Lipinski definition) is 2. The van der Waals surface area contributed by atoms with Crippen LogP contribution in [0.25, 0.3) is 22.3 Å². The zero-order valence-corrected chi connectivity index (χ0v) is 10.4. The van der Waals surface area contributed by atoms with Crippen LogP contribution < -0.4 is 10.5 Å². The minimum absolute atomic E-state index is 0.207. The average molecular weight is 255 g/mol. The molecular formula is C13H13N5O. The molecule has 3 aromatic rings. The number of nitrogens with zero attached hydrogens (tertiary/aromatic N) is 3. The van der Waals surface area contributed by atoms with Crippen molar-refractivity contribution >= 4 is 17.0 Å². The van der Waals surface area contributed by atoms with Gasteiger partial charge in [-0.3, -0.25) is 5.10 Å². The minimum atomic E-state index is 0.207. The number of ether oxygens (including phenoxy) is 1. The van der Waals surface area contributed by atoms with Gasteiger partial charge in [-0.1, -0.05) is 12.1 Å². The van der Waals surface area contributed by atoms with E-state index in [1.165, 1.54) is 0 Å². The molecule has 96 valence electrons. The minimum Gasteiger partial charge on any atom is -0.493 e. The Labute approximate surface area is 109 Å². The molecule has 1 aromatic carbocycles. The molecule has 0 saturated carbocycles. The topological polar surface area (TPSA) is 89.7 Å². The molecule has 0 aliphatic rings. The number of hydrogen-bond acceptors (Lipinski definition) is 5. The van der Waals surface area contributed by atoms with Gasteiger partial charge >= 0.3 is 0 Å². The summed E-state index contributed by atoms with van der Waals surface area (Å²) in [6.45, 7) is 2.53. The van der Waals surface area contributed by atoms with E-state index in [2.05, 4.69) is 20.2 Å². The van der Waals surface area contributed by atoms with Crippen LogP contribution in [0.5, 0.6) is 5.75 Å². The van der Waals surface area contributed by atoms with Gasteiger partial charge in [0.1, 0.15) is 5.75 Å². The Kier molecular flexibility index (Phi) is 2.75. The summed E-state index contributed by atoms with van der Waals surface area (Å²) in [6.07, 6.45) is 1.69. The lowest BCUT2D eigenvalue weighted by Crippen LogP contribution is -1.99. The van der Waals surface area contributed by atoms with Crippen LogP contribution in [0.15, 0.2) is 30.5 Å². The lowest BCUT2D eigenvalue weighted by Gasteiger charge is -2.10. The van der Waals surface area contributed by atoms with E-state index in [0.717, 1.165) is 22.4 Å². The number of para-hydroxylation sites is 1. The Bertz CT molecular complexity index is 722.